The van der Waals surface area contributed by atoms with Crippen molar-refractivity contribution in [3.05, 3.63) is 35.4 Å². The third kappa shape index (κ3) is 4.86. The average Bonchev–Trinajstić information content (AvgIpc) is 2.54. The van der Waals surface area contributed by atoms with Gasteiger partial charge in [0.15, 0.2) is 0 Å². The smallest absolute Gasteiger partial charge is 0.0558 e. The molecule has 21 heavy (non-hydrogen) atoms. The number of nitrogens with zero attached hydrogens (tertiary/aromatic N) is 1. The van der Waals surface area contributed by atoms with Crippen LogP contribution < -0.4 is 5.73 Å². The molecule has 3 N–H and O–H groups in total. The first-order valence-electron chi connectivity index (χ1n) is 7.97. The summed E-state index contributed by atoms with van der Waals surface area (Å²) in [5, 5.41) is 9.37. The van der Waals surface area contributed by atoms with Crippen LogP contribution in [0.5, 0.6) is 0 Å². The van der Waals surface area contributed by atoms with Gasteiger partial charge >= 0.3 is 0 Å². The molecule has 1 fully saturated rings. The molecule has 0 aliphatic heterocycles. The quantitative estimate of drug-likeness (QED) is 0.815. The molecule has 3 nitrogen and oxygen atoms in total. The molecule has 2 rings (SSSR count). The maximum atomic E-state index is 9.37. The van der Waals surface area contributed by atoms with Crippen LogP contribution in [0, 0.1) is 11.8 Å². The van der Waals surface area contributed by atoms with Gasteiger partial charge in [-0.05, 0) is 24.5 Å². The summed E-state index contributed by atoms with van der Waals surface area (Å²) in [5.41, 5.74) is 7.77. The Kier molecular flexibility index (Phi) is 6.75. The molecular weight excluding hydrogens is 260 g/mol. The van der Waals surface area contributed by atoms with Gasteiger partial charge < -0.3 is 10.8 Å². The van der Waals surface area contributed by atoms with Crippen molar-refractivity contribution in [2.24, 2.45) is 5.73 Å². The highest BCUT2D eigenvalue weighted by molar-refractivity contribution is 5.41. The predicted molar refractivity (Wildman–Crippen MR) is 86.7 cm³/mol. The molecule has 114 valence electrons. The topological polar surface area (TPSA) is 49.5 Å². The number of nitrogens with two attached hydrogens (primary N) is 1. The Morgan fingerprint density at radius 3 is 2.67 bits per heavy atom. The molecule has 0 bridgehead atoms. The van der Waals surface area contributed by atoms with Gasteiger partial charge in [-0.25, -0.2) is 0 Å². The molecule has 0 aromatic heterocycles. The molecule has 1 aliphatic rings. The van der Waals surface area contributed by atoms with Gasteiger partial charge in [-0.15, -0.1) is 0 Å². The summed E-state index contributed by atoms with van der Waals surface area (Å²) in [6.45, 7) is 2.20. The molecular formula is C18H26N2O. The fourth-order valence-corrected chi connectivity index (χ4v) is 3.11. The third-order valence-corrected chi connectivity index (χ3v) is 4.19. The predicted octanol–water partition coefficient (Wildman–Crippen LogP) is 2.12. The summed E-state index contributed by atoms with van der Waals surface area (Å²) < 4.78 is 0. The van der Waals surface area contributed by atoms with Crippen LogP contribution in [0.3, 0.4) is 0 Å². The Balaban J connectivity index is 2.12. The van der Waals surface area contributed by atoms with E-state index in [1.165, 1.54) is 37.7 Å². The van der Waals surface area contributed by atoms with Crippen LogP contribution in [0.25, 0.3) is 0 Å². The fraction of sp³-hybridized carbons (Fsp3) is 0.556. The molecule has 0 spiro atoms. The normalized spacial score (nSPS) is 15.8. The van der Waals surface area contributed by atoms with Crippen LogP contribution in [0.15, 0.2) is 24.3 Å². The second kappa shape index (κ2) is 8.84. The molecule has 0 amide bonds. The minimum absolute atomic E-state index is 0.215. The van der Waals surface area contributed by atoms with E-state index in [-0.39, 0.29) is 6.61 Å². The zero-order chi connectivity index (χ0) is 14.9. The molecule has 0 radical (unpaired) electrons. The van der Waals surface area contributed by atoms with E-state index in [9.17, 15) is 5.11 Å². The SMILES string of the molecule is NCC#Cc1ccccc1CN(CCO)C1CCCCC1. The number of rotatable bonds is 5. The zero-order valence-corrected chi connectivity index (χ0v) is 12.7. The lowest BCUT2D eigenvalue weighted by Crippen LogP contribution is -2.38. The van der Waals surface area contributed by atoms with Crippen LogP contribution in [-0.4, -0.2) is 35.7 Å². The van der Waals surface area contributed by atoms with Crippen molar-refractivity contribution < 1.29 is 5.11 Å². The van der Waals surface area contributed by atoms with Crippen molar-refractivity contribution in [1.82, 2.24) is 4.90 Å². The summed E-state index contributed by atoms with van der Waals surface area (Å²) in [6.07, 6.45) is 6.46. The van der Waals surface area contributed by atoms with E-state index in [2.05, 4.69) is 34.9 Å². The summed E-state index contributed by atoms with van der Waals surface area (Å²) >= 11 is 0. The van der Waals surface area contributed by atoms with E-state index in [0.717, 1.165) is 18.7 Å². The van der Waals surface area contributed by atoms with Gasteiger partial charge in [0.1, 0.15) is 0 Å². The first-order valence-corrected chi connectivity index (χ1v) is 7.97. The van der Waals surface area contributed by atoms with Crippen molar-refractivity contribution in [1.29, 1.82) is 0 Å². The summed E-state index contributed by atoms with van der Waals surface area (Å²) in [5.74, 6) is 6.10. The van der Waals surface area contributed by atoms with Crippen molar-refractivity contribution in [2.75, 3.05) is 19.7 Å². The van der Waals surface area contributed by atoms with E-state index in [4.69, 9.17) is 5.73 Å². The molecule has 0 heterocycles. The van der Waals surface area contributed by atoms with Gasteiger partial charge in [0.05, 0.1) is 13.2 Å². The van der Waals surface area contributed by atoms with Crippen LogP contribution in [0.1, 0.15) is 43.2 Å². The number of hydrogen-bond acceptors (Lipinski definition) is 3. The molecule has 0 unspecified atom stereocenters. The lowest BCUT2D eigenvalue weighted by Gasteiger charge is -2.34. The Morgan fingerprint density at radius 1 is 1.19 bits per heavy atom. The van der Waals surface area contributed by atoms with E-state index in [1.54, 1.807) is 0 Å². The molecule has 3 heteroatoms. The lowest BCUT2D eigenvalue weighted by atomic mass is 9.93. The van der Waals surface area contributed by atoms with Crippen LogP contribution in [-0.2, 0) is 6.54 Å². The van der Waals surface area contributed by atoms with Crippen molar-refractivity contribution in [3.8, 4) is 11.8 Å². The second-order valence-electron chi connectivity index (χ2n) is 5.65. The van der Waals surface area contributed by atoms with Gasteiger partial charge in [-0.1, -0.05) is 49.3 Å². The van der Waals surface area contributed by atoms with Gasteiger partial charge in [-0.2, -0.15) is 0 Å². The first kappa shape index (κ1) is 16.0. The average molecular weight is 286 g/mol. The number of benzene rings is 1. The Hall–Kier alpha value is -1.34. The van der Waals surface area contributed by atoms with E-state index in [0.29, 0.717) is 12.6 Å². The molecule has 1 aromatic rings. The Bertz CT molecular complexity index is 483. The van der Waals surface area contributed by atoms with Gasteiger partial charge in [0, 0.05) is 24.7 Å². The van der Waals surface area contributed by atoms with Gasteiger partial charge in [0.25, 0.3) is 0 Å². The van der Waals surface area contributed by atoms with E-state index < -0.39 is 0 Å². The number of aliphatic hydroxyl groups excluding tert-OH is 1. The highest BCUT2D eigenvalue weighted by atomic mass is 16.3. The number of hydrogen-bond donors (Lipinski definition) is 2. The van der Waals surface area contributed by atoms with E-state index >= 15 is 0 Å². The molecule has 1 aromatic carbocycles. The Morgan fingerprint density at radius 2 is 1.95 bits per heavy atom. The monoisotopic (exact) mass is 286 g/mol. The van der Waals surface area contributed by atoms with Gasteiger partial charge in [0.2, 0.25) is 0 Å². The summed E-state index contributed by atoms with van der Waals surface area (Å²) in [4.78, 5) is 2.42. The highest BCUT2D eigenvalue weighted by Crippen LogP contribution is 2.24. The number of aliphatic hydroxyl groups is 1. The zero-order valence-electron chi connectivity index (χ0n) is 12.7. The standard InChI is InChI=1S/C18H26N2O/c19-12-6-9-16-7-4-5-8-17(16)15-20(13-14-21)18-10-2-1-3-11-18/h4-5,7-8,18,21H,1-3,10-15,19H2. The van der Waals surface area contributed by atoms with E-state index in [1.807, 2.05) is 6.07 Å². The summed E-state index contributed by atoms with van der Waals surface area (Å²) in [7, 11) is 0. The lowest BCUT2D eigenvalue weighted by molar-refractivity contribution is 0.117. The highest BCUT2D eigenvalue weighted by Gasteiger charge is 2.21. The molecule has 1 aliphatic carbocycles. The Labute approximate surface area is 128 Å². The molecule has 0 saturated heterocycles. The molecule has 0 atom stereocenters. The second-order valence-corrected chi connectivity index (χ2v) is 5.65. The maximum Gasteiger partial charge on any atom is 0.0558 e. The largest absolute Gasteiger partial charge is 0.395 e. The maximum absolute atomic E-state index is 9.37. The first-order chi connectivity index (χ1) is 10.3. The minimum atomic E-state index is 0.215. The molecule has 1 saturated carbocycles. The van der Waals surface area contributed by atoms with Crippen molar-refractivity contribution >= 4 is 0 Å². The van der Waals surface area contributed by atoms with Crippen molar-refractivity contribution in [2.45, 2.75) is 44.7 Å². The summed E-state index contributed by atoms with van der Waals surface area (Å²) in [6, 6.07) is 8.85. The van der Waals surface area contributed by atoms with Gasteiger partial charge in [-0.3, -0.25) is 4.90 Å². The minimum Gasteiger partial charge on any atom is -0.395 e. The third-order valence-electron chi connectivity index (χ3n) is 4.19. The van der Waals surface area contributed by atoms with Crippen molar-refractivity contribution in [3.63, 3.8) is 0 Å². The van der Waals surface area contributed by atoms with Crippen LogP contribution >= 0.6 is 0 Å². The van der Waals surface area contributed by atoms with Crippen LogP contribution in [0.2, 0.25) is 0 Å². The van der Waals surface area contributed by atoms with Crippen LogP contribution in [0.4, 0.5) is 0 Å². The fourth-order valence-electron chi connectivity index (χ4n) is 3.11.